The molecule has 2 rings (SSSR count). The van der Waals surface area contributed by atoms with Gasteiger partial charge in [0.05, 0.1) is 12.0 Å². The lowest BCUT2D eigenvalue weighted by Gasteiger charge is -1.90. The molecule has 2 aromatic rings. The highest BCUT2D eigenvalue weighted by Crippen LogP contribution is 2.04. The minimum absolute atomic E-state index is 0.161. The lowest BCUT2D eigenvalue weighted by atomic mass is 10.2. The van der Waals surface area contributed by atoms with Gasteiger partial charge in [0.2, 0.25) is 5.78 Å². The van der Waals surface area contributed by atoms with Crippen molar-refractivity contribution in [1.82, 2.24) is 4.98 Å². The topological polar surface area (TPSA) is 43.1 Å². The number of aromatic nitrogens is 1. The van der Waals surface area contributed by atoms with Crippen LogP contribution in [0.1, 0.15) is 16.2 Å². The molecular formula is C12H9NO2. The lowest BCUT2D eigenvalue weighted by Crippen LogP contribution is -1.90. The number of furan rings is 1. The number of hydrogen-bond donors (Lipinski definition) is 0. The zero-order valence-corrected chi connectivity index (χ0v) is 7.96. The average molecular weight is 199 g/mol. The van der Waals surface area contributed by atoms with Crippen LogP contribution in [0, 0.1) is 0 Å². The van der Waals surface area contributed by atoms with Crippen LogP contribution in [0.5, 0.6) is 0 Å². The van der Waals surface area contributed by atoms with Gasteiger partial charge in [-0.05, 0) is 36.4 Å². The maximum atomic E-state index is 11.5. The minimum atomic E-state index is -0.161. The fourth-order valence-electron chi connectivity index (χ4n) is 1.14. The van der Waals surface area contributed by atoms with Crippen molar-refractivity contribution in [3.8, 4) is 0 Å². The summed E-state index contributed by atoms with van der Waals surface area (Å²) in [6.45, 7) is 0. The van der Waals surface area contributed by atoms with Gasteiger partial charge >= 0.3 is 0 Å². The number of carbonyl (C=O) groups is 1. The van der Waals surface area contributed by atoms with Crippen LogP contribution in [-0.2, 0) is 0 Å². The fraction of sp³-hybridized carbons (Fsp3) is 0. The van der Waals surface area contributed by atoms with E-state index >= 15 is 0 Å². The largest absolute Gasteiger partial charge is 0.461 e. The predicted octanol–water partition coefficient (Wildman–Crippen LogP) is 2.57. The second-order valence-electron chi connectivity index (χ2n) is 2.93. The average Bonchev–Trinajstić information content (AvgIpc) is 2.81. The van der Waals surface area contributed by atoms with Crippen LogP contribution in [0.2, 0.25) is 0 Å². The van der Waals surface area contributed by atoms with E-state index in [1.807, 2.05) is 18.2 Å². The molecule has 3 nitrogen and oxygen atoms in total. The van der Waals surface area contributed by atoms with E-state index in [0.29, 0.717) is 5.76 Å². The molecule has 0 saturated heterocycles. The van der Waals surface area contributed by atoms with Crippen molar-refractivity contribution < 1.29 is 9.21 Å². The zero-order chi connectivity index (χ0) is 10.5. The first kappa shape index (κ1) is 9.40. The van der Waals surface area contributed by atoms with Crippen LogP contribution in [-0.4, -0.2) is 10.8 Å². The molecule has 0 atom stereocenters. The van der Waals surface area contributed by atoms with Gasteiger partial charge in [-0.1, -0.05) is 6.07 Å². The molecular weight excluding hydrogens is 190 g/mol. The normalized spacial score (nSPS) is 10.7. The van der Waals surface area contributed by atoms with Gasteiger partial charge in [0.25, 0.3) is 0 Å². The number of pyridine rings is 1. The van der Waals surface area contributed by atoms with Crippen LogP contribution >= 0.6 is 0 Å². The summed E-state index contributed by atoms with van der Waals surface area (Å²) in [5, 5.41) is 0. The number of hydrogen-bond acceptors (Lipinski definition) is 3. The van der Waals surface area contributed by atoms with E-state index in [2.05, 4.69) is 4.98 Å². The molecule has 0 aliphatic heterocycles. The number of nitrogens with zero attached hydrogens (tertiary/aromatic N) is 1. The third-order valence-electron chi connectivity index (χ3n) is 1.86. The molecule has 0 aromatic carbocycles. The first-order valence-electron chi connectivity index (χ1n) is 4.53. The second-order valence-corrected chi connectivity index (χ2v) is 2.93. The summed E-state index contributed by atoms with van der Waals surface area (Å²) in [4.78, 5) is 15.5. The molecule has 0 amide bonds. The third-order valence-corrected chi connectivity index (χ3v) is 1.86. The van der Waals surface area contributed by atoms with Crippen LogP contribution in [0.4, 0.5) is 0 Å². The first-order valence-corrected chi connectivity index (χ1v) is 4.53. The number of rotatable bonds is 3. The van der Waals surface area contributed by atoms with E-state index < -0.39 is 0 Å². The van der Waals surface area contributed by atoms with E-state index in [9.17, 15) is 4.79 Å². The molecule has 0 spiro atoms. The molecule has 0 saturated carbocycles. The maximum absolute atomic E-state index is 11.5. The summed E-state index contributed by atoms with van der Waals surface area (Å²) in [5.41, 5.74) is 0.748. The highest BCUT2D eigenvalue weighted by atomic mass is 16.3. The molecule has 15 heavy (non-hydrogen) atoms. The Labute approximate surface area is 87.1 Å². The SMILES string of the molecule is O=C(/C=C\c1ccccn1)c1ccco1. The Hall–Kier alpha value is -2.16. The smallest absolute Gasteiger partial charge is 0.221 e. The van der Waals surface area contributed by atoms with Gasteiger partial charge in [-0.3, -0.25) is 9.78 Å². The quantitative estimate of drug-likeness (QED) is 0.563. The van der Waals surface area contributed by atoms with E-state index in [0.717, 1.165) is 5.69 Å². The van der Waals surface area contributed by atoms with Gasteiger partial charge in [0.15, 0.2) is 5.76 Å². The summed E-state index contributed by atoms with van der Waals surface area (Å²) < 4.78 is 4.96. The molecule has 0 fully saturated rings. The molecule has 0 bridgehead atoms. The third kappa shape index (κ3) is 2.40. The molecule has 2 heterocycles. The van der Waals surface area contributed by atoms with Gasteiger partial charge in [-0.15, -0.1) is 0 Å². The number of ketones is 1. The van der Waals surface area contributed by atoms with Crippen LogP contribution in [0.3, 0.4) is 0 Å². The molecule has 0 aliphatic carbocycles. The molecule has 74 valence electrons. The van der Waals surface area contributed by atoms with E-state index in [-0.39, 0.29) is 5.78 Å². The Morgan fingerprint density at radius 3 is 2.87 bits per heavy atom. The van der Waals surface area contributed by atoms with Crippen molar-refractivity contribution >= 4 is 11.9 Å². The Bertz CT molecular complexity index is 458. The Morgan fingerprint density at radius 2 is 2.20 bits per heavy atom. The molecule has 3 heteroatoms. The van der Waals surface area contributed by atoms with E-state index in [1.165, 1.54) is 12.3 Å². The minimum Gasteiger partial charge on any atom is -0.461 e. The van der Waals surface area contributed by atoms with Crippen molar-refractivity contribution in [3.05, 3.63) is 60.3 Å². The summed E-state index contributed by atoms with van der Waals surface area (Å²) in [6, 6.07) is 8.83. The highest BCUT2D eigenvalue weighted by molar-refractivity contribution is 6.04. The highest BCUT2D eigenvalue weighted by Gasteiger charge is 2.03. The summed E-state index contributed by atoms with van der Waals surface area (Å²) in [5.74, 6) is 0.174. The van der Waals surface area contributed by atoms with Gasteiger partial charge in [-0.2, -0.15) is 0 Å². The Balaban J connectivity index is 2.10. The zero-order valence-electron chi connectivity index (χ0n) is 7.96. The number of carbonyl (C=O) groups excluding carboxylic acids is 1. The van der Waals surface area contributed by atoms with Crippen molar-refractivity contribution in [2.45, 2.75) is 0 Å². The van der Waals surface area contributed by atoms with E-state index in [1.54, 1.807) is 24.4 Å². The van der Waals surface area contributed by atoms with Gasteiger partial charge in [0.1, 0.15) is 0 Å². The summed E-state index contributed by atoms with van der Waals surface area (Å²) >= 11 is 0. The van der Waals surface area contributed by atoms with Gasteiger partial charge < -0.3 is 4.42 Å². The van der Waals surface area contributed by atoms with Gasteiger partial charge in [-0.25, -0.2) is 0 Å². The first-order chi connectivity index (χ1) is 7.36. The molecule has 0 unspecified atom stereocenters. The second kappa shape index (κ2) is 4.37. The van der Waals surface area contributed by atoms with Gasteiger partial charge in [0, 0.05) is 6.20 Å². The van der Waals surface area contributed by atoms with Crippen molar-refractivity contribution in [3.63, 3.8) is 0 Å². The molecule has 0 N–H and O–H groups in total. The summed E-state index contributed by atoms with van der Waals surface area (Å²) in [7, 11) is 0. The monoisotopic (exact) mass is 199 g/mol. The van der Waals surface area contributed by atoms with Crippen LogP contribution in [0.15, 0.2) is 53.3 Å². The van der Waals surface area contributed by atoms with Crippen LogP contribution < -0.4 is 0 Å². The standard InChI is InChI=1S/C12H9NO2/c14-11(12-5-3-9-15-12)7-6-10-4-1-2-8-13-10/h1-9H/b7-6-. The molecule has 2 aromatic heterocycles. The molecule has 0 aliphatic rings. The summed E-state index contributed by atoms with van der Waals surface area (Å²) in [6.07, 6.45) is 6.25. The lowest BCUT2D eigenvalue weighted by molar-refractivity contribution is 0.102. The van der Waals surface area contributed by atoms with Crippen molar-refractivity contribution in [2.24, 2.45) is 0 Å². The maximum Gasteiger partial charge on any atom is 0.221 e. The van der Waals surface area contributed by atoms with Crippen molar-refractivity contribution in [2.75, 3.05) is 0 Å². The molecule has 0 radical (unpaired) electrons. The predicted molar refractivity (Wildman–Crippen MR) is 56.3 cm³/mol. The Kier molecular flexibility index (Phi) is 2.74. The fourth-order valence-corrected chi connectivity index (χ4v) is 1.14. The number of allylic oxidation sites excluding steroid dienone is 1. The van der Waals surface area contributed by atoms with E-state index in [4.69, 9.17) is 4.42 Å². The van der Waals surface area contributed by atoms with Crippen LogP contribution in [0.25, 0.3) is 6.08 Å². The van der Waals surface area contributed by atoms with Crippen molar-refractivity contribution in [1.29, 1.82) is 0 Å². The Morgan fingerprint density at radius 1 is 1.27 bits per heavy atom.